The predicted molar refractivity (Wildman–Crippen MR) is 97.8 cm³/mol. The third-order valence-electron chi connectivity index (χ3n) is 3.37. The van der Waals surface area contributed by atoms with Gasteiger partial charge in [0.05, 0.1) is 10.2 Å². The van der Waals surface area contributed by atoms with E-state index >= 15 is 0 Å². The molecule has 0 saturated heterocycles. The molecule has 0 amide bonds. The maximum absolute atomic E-state index is 12.4. The summed E-state index contributed by atoms with van der Waals surface area (Å²) in [6.07, 6.45) is 0. The topological polar surface area (TPSA) is 58.5 Å². The Morgan fingerprint density at radius 3 is 2.04 bits per heavy atom. The summed E-state index contributed by atoms with van der Waals surface area (Å²) in [5, 5.41) is 5.10. The molecule has 1 N–H and O–H groups in total. The zero-order chi connectivity index (χ0) is 17.1. The SMILES string of the molecule is Cc1ccc(S(=O)(=O)NN=C(c2ccccc2)[Si](C)(C)C)cc1. The lowest BCUT2D eigenvalue weighted by Crippen LogP contribution is -2.36. The monoisotopic (exact) mass is 346 g/mol. The molecule has 0 fully saturated rings. The standard InChI is InChI=1S/C17H22N2O2SSi/c1-14-10-12-16(13-11-14)22(20,21)19-18-17(23(2,3)4)15-8-6-5-7-9-15/h5-13,19H,1-4H3. The number of hydrogen-bond donors (Lipinski definition) is 1. The summed E-state index contributed by atoms with van der Waals surface area (Å²) >= 11 is 0. The molecule has 0 saturated carbocycles. The van der Waals surface area contributed by atoms with Crippen LogP contribution in [0.15, 0.2) is 64.6 Å². The van der Waals surface area contributed by atoms with Gasteiger partial charge in [0.15, 0.2) is 0 Å². The average molecular weight is 347 g/mol. The van der Waals surface area contributed by atoms with E-state index in [1.165, 1.54) is 0 Å². The van der Waals surface area contributed by atoms with Crippen molar-refractivity contribution < 1.29 is 8.42 Å². The Hall–Kier alpha value is -1.92. The fourth-order valence-corrected chi connectivity index (χ4v) is 4.45. The first-order valence-corrected chi connectivity index (χ1v) is 12.4. The summed E-state index contributed by atoms with van der Waals surface area (Å²) in [4.78, 5) is 2.61. The van der Waals surface area contributed by atoms with Crippen LogP contribution in [0.5, 0.6) is 0 Å². The Balaban J connectivity index is 2.36. The molecule has 2 rings (SSSR count). The van der Waals surface area contributed by atoms with Crippen LogP contribution in [0, 0.1) is 6.92 Å². The number of nitrogens with zero attached hydrogens (tertiary/aromatic N) is 1. The van der Waals surface area contributed by atoms with E-state index < -0.39 is 18.1 Å². The number of nitrogens with one attached hydrogen (secondary N) is 1. The summed E-state index contributed by atoms with van der Waals surface area (Å²) < 4.78 is 24.8. The molecule has 122 valence electrons. The molecule has 0 aliphatic heterocycles. The summed E-state index contributed by atoms with van der Waals surface area (Å²) in [7, 11) is -5.47. The van der Waals surface area contributed by atoms with Crippen LogP contribution in [0.1, 0.15) is 11.1 Å². The van der Waals surface area contributed by atoms with Gasteiger partial charge in [0.2, 0.25) is 0 Å². The van der Waals surface area contributed by atoms with Crippen molar-refractivity contribution in [1.29, 1.82) is 0 Å². The first kappa shape index (κ1) is 17.4. The Morgan fingerprint density at radius 1 is 0.957 bits per heavy atom. The Kier molecular flexibility index (Phi) is 5.06. The minimum absolute atomic E-state index is 0.217. The highest BCUT2D eigenvalue weighted by Crippen LogP contribution is 2.14. The van der Waals surface area contributed by atoms with Crippen LogP contribution in [-0.4, -0.2) is 21.8 Å². The summed E-state index contributed by atoms with van der Waals surface area (Å²) in [6, 6.07) is 16.4. The Morgan fingerprint density at radius 2 is 1.52 bits per heavy atom. The van der Waals surface area contributed by atoms with Crippen LogP contribution in [0.2, 0.25) is 19.6 Å². The maximum atomic E-state index is 12.4. The molecule has 0 aliphatic rings. The molecule has 6 heteroatoms. The molecule has 0 atom stereocenters. The second-order valence-electron chi connectivity index (χ2n) is 6.48. The van der Waals surface area contributed by atoms with Gasteiger partial charge in [-0.1, -0.05) is 67.7 Å². The lowest BCUT2D eigenvalue weighted by molar-refractivity contribution is 0.584. The molecule has 0 aromatic heterocycles. The van der Waals surface area contributed by atoms with Gasteiger partial charge >= 0.3 is 0 Å². The highest BCUT2D eigenvalue weighted by molar-refractivity contribution is 7.89. The lowest BCUT2D eigenvalue weighted by Gasteiger charge is -2.19. The van der Waals surface area contributed by atoms with Gasteiger partial charge in [-0.15, -0.1) is 0 Å². The Bertz CT molecular complexity index is 793. The number of aryl methyl sites for hydroxylation is 1. The van der Waals surface area contributed by atoms with E-state index in [2.05, 4.69) is 29.6 Å². The van der Waals surface area contributed by atoms with Crippen molar-refractivity contribution in [2.75, 3.05) is 0 Å². The highest BCUT2D eigenvalue weighted by Gasteiger charge is 2.24. The molecule has 2 aromatic carbocycles. The van der Waals surface area contributed by atoms with Gasteiger partial charge in [0.25, 0.3) is 10.0 Å². The van der Waals surface area contributed by atoms with E-state index in [1.54, 1.807) is 24.3 Å². The Labute approximate surface area is 139 Å². The van der Waals surface area contributed by atoms with Crippen molar-refractivity contribution in [2.45, 2.75) is 31.5 Å². The minimum atomic E-state index is -3.66. The van der Waals surface area contributed by atoms with Crippen LogP contribution in [0.25, 0.3) is 0 Å². The normalized spacial score (nSPS) is 13.0. The minimum Gasteiger partial charge on any atom is -0.200 e. The van der Waals surface area contributed by atoms with Crippen molar-refractivity contribution in [3.05, 3.63) is 65.7 Å². The molecule has 0 heterocycles. The first-order chi connectivity index (χ1) is 10.7. The summed E-state index contributed by atoms with van der Waals surface area (Å²) in [5.74, 6) is 0. The van der Waals surface area contributed by atoms with Gasteiger partial charge in [-0.25, -0.2) is 4.83 Å². The third kappa shape index (κ3) is 4.53. The van der Waals surface area contributed by atoms with Gasteiger partial charge in [0.1, 0.15) is 8.07 Å². The largest absolute Gasteiger partial charge is 0.276 e. The van der Waals surface area contributed by atoms with E-state index in [0.717, 1.165) is 16.5 Å². The van der Waals surface area contributed by atoms with Crippen molar-refractivity contribution in [3.8, 4) is 0 Å². The van der Waals surface area contributed by atoms with Gasteiger partial charge < -0.3 is 0 Å². The van der Waals surface area contributed by atoms with Gasteiger partial charge in [-0.3, -0.25) is 0 Å². The number of sulfonamides is 1. The summed E-state index contributed by atoms with van der Waals surface area (Å²) in [6.45, 7) is 8.33. The van der Waals surface area contributed by atoms with Crippen molar-refractivity contribution >= 4 is 23.4 Å². The van der Waals surface area contributed by atoms with Crippen LogP contribution in [0.3, 0.4) is 0 Å². The van der Waals surface area contributed by atoms with Crippen LogP contribution < -0.4 is 4.83 Å². The van der Waals surface area contributed by atoms with E-state index in [0.29, 0.717) is 0 Å². The zero-order valence-corrected chi connectivity index (χ0v) is 15.7. The average Bonchev–Trinajstić information content (AvgIpc) is 2.47. The quantitative estimate of drug-likeness (QED) is 0.511. The van der Waals surface area contributed by atoms with Gasteiger partial charge in [0, 0.05) is 0 Å². The van der Waals surface area contributed by atoms with E-state index in [9.17, 15) is 8.42 Å². The molecule has 0 bridgehead atoms. The first-order valence-electron chi connectivity index (χ1n) is 7.42. The fourth-order valence-electron chi connectivity index (χ4n) is 2.14. The van der Waals surface area contributed by atoms with Crippen molar-refractivity contribution in [1.82, 2.24) is 4.83 Å². The molecule has 0 unspecified atom stereocenters. The van der Waals surface area contributed by atoms with Crippen molar-refractivity contribution in [3.63, 3.8) is 0 Å². The van der Waals surface area contributed by atoms with Crippen LogP contribution in [-0.2, 0) is 10.0 Å². The molecule has 0 radical (unpaired) electrons. The van der Waals surface area contributed by atoms with E-state index in [-0.39, 0.29) is 4.90 Å². The highest BCUT2D eigenvalue weighted by atomic mass is 32.2. The fraction of sp³-hybridized carbons (Fsp3) is 0.235. The predicted octanol–water partition coefficient (Wildman–Crippen LogP) is 3.56. The van der Waals surface area contributed by atoms with Crippen LogP contribution >= 0.6 is 0 Å². The summed E-state index contributed by atoms with van der Waals surface area (Å²) in [5.41, 5.74) is 1.97. The zero-order valence-electron chi connectivity index (χ0n) is 13.9. The number of hydrazone groups is 1. The smallest absolute Gasteiger partial charge is 0.200 e. The third-order valence-corrected chi connectivity index (χ3v) is 6.41. The second-order valence-corrected chi connectivity index (χ2v) is 13.1. The lowest BCUT2D eigenvalue weighted by atomic mass is 10.2. The molecule has 23 heavy (non-hydrogen) atoms. The van der Waals surface area contributed by atoms with Gasteiger partial charge in [-0.05, 0) is 24.6 Å². The van der Waals surface area contributed by atoms with Gasteiger partial charge in [-0.2, -0.15) is 13.5 Å². The molecular formula is C17H22N2O2SSi. The van der Waals surface area contributed by atoms with E-state index in [4.69, 9.17) is 0 Å². The maximum Gasteiger partial charge on any atom is 0.276 e. The molecule has 4 nitrogen and oxygen atoms in total. The van der Waals surface area contributed by atoms with Crippen LogP contribution in [0.4, 0.5) is 0 Å². The number of hydrogen-bond acceptors (Lipinski definition) is 3. The second kappa shape index (κ2) is 6.68. The molecule has 0 spiro atoms. The number of benzene rings is 2. The van der Waals surface area contributed by atoms with Crippen molar-refractivity contribution in [2.24, 2.45) is 5.10 Å². The van der Waals surface area contributed by atoms with E-state index in [1.807, 2.05) is 37.3 Å². The molecule has 2 aromatic rings. The number of rotatable bonds is 5. The molecule has 0 aliphatic carbocycles. The molecular weight excluding hydrogens is 324 g/mol.